The van der Waals surface area contributed by atoms with Gasteiger partial charge in [-0.05, 0) is 12.8 Å². The third-order valence-electron chi connectivity index (χ3n) is 2.75. The van der Waals surface area contributed by atoms with Gasteiger partial charge < -0.3 is 5.32 Å². The van der Waals surface area contributed by atoms with Crippen LogP contribution in [-0.2, 0) is 0 Å². The standard InChI is InChI=1S/C13H18F3N/c1-3-5-6-9(4-2)17-10-7-11(14)13(16)12(15)8-10/h7-9,17H,3-6H2,1-2H3. The van der Waals surface area contributed by atoms with Crippen molar-refractivity contribution in [1.82, 2.24) is 0 Å². The molecule has 4 heteroatoms. The number of hydrogen-bond donors (Lipinski definition) is 1. The van der Waals surface area contributed by atoms with Crippen molar-refractivity contribution in [3.63, 3.8) is 0 Å². The van der Waals surface area contributed by atoms with Crippen LogP contribution in [0.3, 0.4) is 0 Å². The third kappa shape index (κ3) is 3.95. The molecule has 1 nitrogen and oxygen atoms in total. The van der Waals surface area contributed by atoms with Crippen LogP contribution in [0, 0.1) is 17.5 Å². The predicted octanol–water partition coefficient (Wildman–Crippen LogP) is 4.48. The highest BCUT2D eigenvalue weighted by Gasteiger charge is 2.12. The van der Waals surface area contributed by atoms with Crippen molar-refractivity contribution in [2.45, 2.75) is 45.6 Å². The molecule has 0 aliphatic rings. The lowest BCUT2D eigenvalue weighted by atomic mass is 10.1. The lowest BCUT2D eigenvalue weighted by Gasteiger charge is -2.18. The molecule has 1 aromatic rings. The van der Waals surface area contributed by atoms with Crippen molar-refractivity contribution in [1.29, 1.82) is 0 Å². The van der Waals surface area contributed by atoms with E-state index in [9.17, 15) is 13.2 Å². The molecular formula is C13H18F3N. The molecule has 0 heterocycles. The quantitative estimate of drug-likeness (QED) is 0.728. The minimum absolute atomic E-state index is 0.166. The summed E-state index contributed by atoms with van der Waals surface area (Å²) in [7, 11) is 0. The van der Waals surface area contributed by atoms with E-state index in [4.69, 9.17) is 0 Å². The fourth-order valence-corrected chi connectivity index (χ4v) is 1.70. The second-order valence-electron chi connectivity index (χ2n) is 4.15. The van der Waals surface area contributed by atoms with E-state index < -0.39 is 17.5 Å². The molecule has 1 N–H and O–H groups in total. The van der Waals surface area contributed by atoms with Crippen molar-refractivity contribution < 1.29 is 13.2 Å². The van der Waals surface area contributed by atoms with E-state index in [0.717, 1.165) is 37.8 Å². The number of nitrogens with one attached hydrogen (secondary N) is 1. The van der Waals surface area contributed by atoms with Gasteiger partial charge >= 0.3 is 0 Å². The normalized spacial score (nSPS) is 12.5. The Hall–Kier alpha value is -1.19. The van der Waals surface area contributed by atoms with Crippen LogP contribution in [0.25, 0.3) is 0 Å². The lowest BCUT2D eigenvalue weighted by Crippen LogP contribution is -2.18. The SMILES string of the molecule is CCCCC(CC)Nc1cc(F)c(F)c(F)c1. The summed E-state index contributed by atoms with van der Waals surface area (Å²) in [6.45, 7) is 4.09. The summed E-state index contributed by atoms with van der Waals surface area (Å²) < 4.78 is 38.7. The van der Waals surface area contributed by atoms with Crippen LogP contribution in [-0.4, -0.2) is 6.04 Å². The van der Waals surface area contributed by atoms with Crippen LogP contribution in [0.15, 0.2) is 12.1 Å². The van der Waals surface area contributed by atoms with Gasteiger partial charge in [0, 0.05) is 23.9 Å². The van der Waals surface area contributed by atoms with Crippen LogP contribution in [0.5, 0.6) is 0 Å². The molecule has 1 rings (SSSR count). The highest BCUT2D eigenvalue weighted by atomic mass is 19.2. The maximum Gasteiger partial charge on any atom is 0.194 e. The fourth-order valence-electron chi connectivity index (χ4n) is 1.70. The number of benzene rings is 1. The van der Waals surface area contributed by atoms with Crippen molar-refractivity contribution in [3.8, 4) is 0 Å². The van der Waals surface area contributed by atoms with Crippen LogP contribution < -0.4 is 5.32 Å². The van der Waals surface area contributed by atoms with Gasteiger partial charge in [0.05, 0.1) is 0 Å². The van der Waals surface area contributed by atoms with E-state index in [0.29, 0.717) is 5.69 Å². The predicted molar refractivity (Wildman–Crippen MR) is 63.5 cm³/mol. The zero-order valence-electron chi connectivity index (χ0n) is 10.2. The summed E-state index contributed by atoms with van der Waals surface area (Å²) in [5, 5.41) is 3.03. The molecule has 0 spiro atoms. The topological polar surface area (TPSA) is 12.0 Å². The Bertz CT molecular complexity index is 343. The summed E-state index contributed by atoms with van der Waals surface area (Å²) in [6, 6.07) is 2.15. The van der Waals surface area contributed by atoms with Gasteiger partial charge in [-0.15, -0.1) is 0 Å². The molecular weight excluding hydrogens is 227 g/mol. The van der Waals surface area contributed by atoms with Crippen molar-refractivity contribution in [2.75, 3.05) is 5.32 Å². The van der Waals surface area contributed by atoms with E-state index >= 15 is 0 Å². The molecule has 0 saturated heterocycles. The van der Waals surface area contributed by atoms with Crippen molar-refractivity contribution in [3.05, 3.63) is 29.6 Å². The molecule has 0 amide bonds. The number of hydrogen-bond acceptors (Lipinski definition) is 1. The average molecular weight is 245 g/mol. The average Bonchev–Trinajstić information content (AvgIpc) is 2.31. The third-order valence-corrected chi connectivity index (χ3v) is 2.75. The first kappa shape index (κ1) is 13.9. The first-order valence-corrected chi connectivity index (χ1v) is 5.99. The Kier molecular flexibility index (Phi) is 5.32. The van der Waals surface area contributed by atoms with Crippen molar-refractivity contribution >= 4 is 5.69 Å². The Morgan fingerprint density at radius 1 is 1.12 bits per heavy atom. The molecule has 1 atom stereocenters. The van der Waals surface area contributed by atoms with Crippen LogP contribution in [0.1, 0.15) is 39.5 Å². The summed E-state index contributed by atoms with van der Waals surface area (Å²) in [5.74, 6) is -3.73. The number of halogens is 3. The lowest BCUT2D eigenvalue weighted by molar-refractivity contribution is 0.447. The molecule has 1 aromatic carbocycles. The molecule has 0 aromatic heterocycles. The molecule has 1 unspecified atom stereocenters. The highest BCUT2D eigenvalue weighted by molar-refractivity contribution is 5.44. The first-order valence-electron chi connectivity index (χ1n) is 5.99. The van der Waals surface area contributed by atoms with Crippen LogP contribution >= 0.6 is 0 Å². The molecule has 0 aliphatic heterocycles. The summed E-state index contributed by atoms with van der Waals surface area (Å²) in [6.07, 6.45) is 3.93. The number of anilines is 1. The van der Waals surface area contributed by atoms with E-state index in [1.165, 1.54) is 0 Å². The van der Waals surface area contributed by atoms with Crippen molar-refractivity contribution in [2.24, 2.45) is 0 Å². The van der Waals surface area contributed by atoms with E-state index in [-0.39, 0.29) is 6.04 Å². The minimum atomic E-state index is -1.42. The summed E-state index contributed by atoms with van der Waals surface area (Å²) in [4.78, 5) is 0. The van der Waals surface area contributed by atoms with Gasteiger partial charge in [0.1, 0.15) is 0 Å². The molecule has 0 fully saturated rings. The first-order chi connectivity index (χ1) is 8.08. The number of unbranched alkanes of at least 4 members (excludes halogenated alkanes) is 1. The van der Waals surface area contributed by atoms with Gasteiger partial charge in [-0.25, -0.2) is 13.2 Å². The Labute approximate surface area is 100 Å². The Balaban J connectivity index is 2.72. The second kappa shape index (κ2) is 6.52. The molecule has 0 radical (unpaired) electrons. The smallest absolute Gasteiger partial charge is 0.194 e. The fraction of sp³-hybridized carbons (Fsp3) is 0.538. The summed E-state index contributed by atoms with van der Waals surface area (Å²) in [5.41, 5.74) is 0.296. The van der Waals surface area contributed by atoms with Gasteiger partial charge in [0.25, 0.3) is 0 Å². The maximum atomic E-state index is 13.0. The molecule has 17 heavy (non-hydrogen) atoms. The van der Waals surface area contributed by atoms with E-state index in [1.54, 1.807) is 0 Å². The zero-order chi connectivity index (χ0) is 12.8. The van der Waals surface area contributed by atoms with Gasteiger partial charge in [0.15, 0.2) is 17.5 Å². The van der Waals surface area contributed by atoms with E-state index in [2.05, 4.69) is 12.2 Å². The molecule has 96 valence electrons. The molecule has 0 aliphatic carbocycles. The van der Waals surface area contributed by atoms with Gasteiger partial charge in [0.2, 0.25) is 0 Å². The zero-order valence-corrected chi connectivity index (χ0v) is 10.2. The number of rotatable bonds is 6. The molecule has 0 saturated carbocycles. The van der Waals surface area contributed by atoms with E-state index in [1.807, 2.05) is 6.92 Å². The van der Waals surface area contributed by atoms with Gasteiger partial charge in [-0.1, -0.05) is 26.7 Å². The Morgan fingerprint density at radius 3 is 2.18 bits per heavy atom. The van der Waals surface area contributed by atoms with Gasteiger partial charge in [-0.2, -0.15) is 0 Å². The highest BCUT2D eigenvalue weighted by Crippen LogP contribution is 2.19. The molecule has 0 bridgehead atoms. The van der Waals surface area contributed by atoms with Crippen LogP contribution in [0.2, 0.25) is 0 Å². The maximum absolute atomic E-state index is 13.0. The summed E-state index contributed by atoms with van der Waals surface area (Å²) >= 11 is 0. The minimum Gasteiger partial charge on any atom is -0.382 e. The largest absolute Gasteiger partial charge is 0.382 e. The van der Waals surface area contributed by atoms with Crippen LogP contribution in [0.4, 0.5) is 18.9 Å². The Morgan fingerprint density at radius 2 is 1.71 bits per heavy atom. The van der Waals surface area contributed by atoms with Gasteiger partial charge in [-0.3, -0.25) is 0 Å². The monoisotopic (exact) mass is 245 g/mol. The second-order valence-corrected chi connectivity index (χ2v) is 4.15.